The average molecular weight is 582 g/mol. The molecule has 0 aliphatic carbocycles. The van der Waals surface area contributed by atoms with E-state index in [1.54, 1.807) is 0 Å². The fourth-order valence-electron chi connectivity index (χ4n) is 2.51. The van der Waals surface area contributed by atoms with Crippen LogP contribution >= 0.6 is 94.1 Å². The fraction of sp³-hybridized carbons (Fsp3) is 1.00. The molecule has 0 amide bonds. The summed E-state index contributed by atoms with van der Waals surface area (Å²) in [5.74, 6) is 17.2. The third-order valence-electron chi connectivity index (χ3n) is 4.42. The number of rotatable bonds is 18. The van der Waals surface area contributed by atoms with Crippen LogP contribution in [0.1, 0.15) is 0 Å². The number of hydrogen-bond acceptors (Lipinski definition) is 8. The zero-order valence-corrected chi connectivity index (χ0v) is 23.9. The third kappa shape index (κ3) is 11.7. The van der Waals surface area contributed by atoms with Crippen molar-refractivity contribution >= 4 is 109 Å². The molecule has 4 aliphatic heterocycles. The van der Waals surface area contributed by atoms with E-state index in [0.29, 0.717) is 0 Å². The van der Waals surface area contributed by atoms with Gasteiger partial charge in [0.15, 0.2) is 0 Å². The van der Waals surface area contributed by atoms with E-state index in [4.69, 9.17) is 0 Å². The van der Waals surface area contributed by atoms with Gasteiger partial charge in [0.2, 0.25) is 0 Å². The van der Waals surface area contributed by atoms with Crippen molar-refractivity contribution in [1.82, 2.24) is 0 Å². The molecule has 4 atom stereocenters. The van der Waals surface area contributed by atoms with Crippen molar-refractivity contribution in [3.8, 4) is 0 Å². The predicted octanol–water partition coefficient (Wildman–Crippen LogP) is 5.66. The van der Waals surface area contributed by atoms with E-state index in [9.17, 15) is 0 Å². The normalized spacial score (nSPS) is 32.9. The van der Waals surface area contributed by atoms with Crippen molar-refractivity contribution in [2.24, 2.45) is 0 Å². The molecule has 4 heterocycles. The van der Waals surface area contributed by atoms with E-state index < -0.39 is 0 Å². The van der Waals surface area contributed by atoms with E-state index in [2.05, 4.69) is 94.1 Å². The van der Waals surface area contributed by atoms with Gasteiger partial charge in [0.25, 0.3) is 0 Å². The molecule has 9 heteroatoms. The van der Waals surface area contributed by atoms with Gasteiger partial charge in [-0.3, -0.25) is 0 Å². The van der Waals surface area contributed by atoms with Crippen LogP contribution in [0.4, 0.5) is 0 Å². The van der Waals surface area contributed by atoms with Gasteiger partial charge in [-0.2, -0.15) is 0 Å². The zero-order chi connectivity index (χ0) is 18.3. The monoisotopic (exact) mass is 582 g/mol. The fourth-order valence-corrected chi connectivity index (χ4v) is 16.6. The Kier molecular flexibility index (Phi) is 11.4. The summed E-state index contributed by atoms with van der Waals surface area (Å²) >= 11 is 18.6. The van der Waals surface area contributed by atoms with Crippen LogP contribution in [0.2, 0.25) is 9.63 Å². The van der Waals surface area contributed by atoms with E-state index in [1.807, 2.05) is 0 Å². The van der Waals surface area contributed by atoms with Gasteiger partial charge in [-0.05, 0) is 0 Å². The van der Waals surface area contributed by atoms with Gasteiger partial charge in [0.1, 0.15) is 0 Å². The van der Waals surface area contributed by atoms with Crippen LogP contribution in [0.5, 0.6) is 0 Å². The molecule has 0 aromatic rings. The van der Waals surface area contributed by atoms with Gasteiger partial charge >= 0.3 is 209 Å². The standard InChI is InChI=1S/C18H30S8Se/c1(13-5-23-13)19-9-17(10-20-2-14-6-24-14)27-18(11-21-3-15-7-25-15)12-22-4-16-8-26-16/h13-18H,1-12H2. The molecule has 0 saturated carbocycles. The molecule has 4 rings (SSSR count). The number of thioether (sulfide) groups is 8. The second-order valence-electron chi connectivity index (χ2n) is 7.35. The summed E-state index contributed by atoms with van der Waals surface area (Å²) < 4.78 is 0. The summed E-state index contributed by atoms with van der Waals surface area (Å²) in [5.41, 5.74) is 0. The quantitative estimate of drug-likeness (QED) is 0.148. The van der Waals surface area contributed by atoms with Gasteiger partial charge in [-0.1, -0.05) is 0 Å². The van der Waals surface area contributed by atoms with Crippen LogP contribution in [-0.4, -0.2) is 105 Å². The van der Waals surface area contributed by atoms with Crippen LogP contribution in [-0.2, 0) is 0 Å². The molecule has 0 aromatic carbocycles. The van der Waals surface area contributed by atoms with Crippen LogP contribution in [0.3, 0.4) is 0 Å². The minimum atomic E-state index is 0.834. The van der Waals surface area contributed by atoms with Gasteiger partial charge in [0, 0.05) is 0 Å². The summed E-state index contributed by atoms with van der Waals surface area (Å²) in [4.78, 5) is 2.02. The first kappa shape index (κ1) is 23.5. The van der Waals surface area contributed by atoms with Gasteiger partial charge in [-0.15, -0.1) is 0 Å². The summed E-state index contributed by atoms with van der Waals surface area (Å²) in [5, 5.41) is 4.03. The van der Waals surface area contributed by atoms with Crippen molar-refractivity contribution < 1.29 is 0 Å². The molecular formula is C18H30S8Se. The Morgan fingerprint density at radius 3 is 1.04 bits per heavy atom. The van der Waals surface area contributed by atoms with E-state index in [0.717, 1.165) is 45.6 Å². The maximum atomic E-state index is 2.28. The first-order chi connectivity index (χ1) is 13.3. The Hall–Kier alpha value is 3.32. The Morgan fingerprint density at radius 2 is 0.815 bits per heavy atom. The number of hydrogen-bond donors (Lipinski definition) is 0. The minimum absolute atomic E-state index is 0.834. The molecule has 4 aliphatic rings. The molecule has 0 bridgehead atoms. The molecule has 0 nitrogen and oxygen atoms in total. The van der Waals surface area contributed by atoms with E-state index >= 15 is 0 Å². The first-order valence-corrected chi connectivity index (χ1v) is 20.6. The second-order valence-corrected chi connectivity index (χ2v) is 20.4. The third-order valence-corrected chi connectivity index (χ3v) is 19.2. The van der Waals surface area contributed by atoms with Gasteiger partial charge < -0.3 is 0 Å². The topological polar surface area (TPSA) is 0 Å². The van der Waals surface area contributed by atoms with Gasteiger partial charge in [-0.25, -0.2) is 0 Å². The maximum absolute atomic E-state index is 2.28. The molecule has 4 fully saturated rings. The zero-order valence-electron chi connectivity index (χ0n) is 15.6. The second kappa shape index (κ2) is 13.1. The Labute approximate surface area is 206 Å². The van der Waals surface area contributed by atoms with E-state index in [-0.39, 0.29) is 0 Å². The first-order valence-electron chi connectivity index (χ1n) is 9.78. The summed E-state index contributed by atoms with van der Waals surface area (Å²) in [6.45, 7) is 0. The SMILES string of the molecule is C(SCC(CSCC1CS1)[Se]C(CSCC1CS1)CSCC1CS1)C1CS1. The summed E-state index contributed by atoms with van der Waals surface area (Å²) in [6, 6.07) is 0. The summed E-state index contributed by atoms with van der Waals surface area (Å²) in [7, 11) is 0. The van der Waals surface area contributed by atoms with Crippen molar-refractivity contribution in [3.63, 3.8) is 0 Å². The molecule has 0 aromatic heterocycles. The molecule has 4 unspecified atom stereocenters. The van der Waals surface area contributed by atoms with Crippen LogP contribution < -0.4 is 0 Å². The molecule has 0 N–H and O–H groups in total. The molecule has 4 saturated heterocycles. The molecule has 0 spiro atoms. The molecule has 156 valence electrons. The predicted molar refractivity (Wildman–Crippen MR) is 148 cm³/mol. The Morgan fingerprint density at radius 1 is 0.556 bits per heavy atom. The Balaban J connectivity index is 1.18. The van der Waals surface area contributed by atoms with Crippen molar-refractivity contribution in [2.45, 2.75) is 30.6 Å². The molecule has 0 radical (unpaired) electrons. The van der Waals surface area contributed by atoms with Crippen molar-refractivity contribution in [3.05, 3.63) is 0 Å². The summed E-state index contributed by atoms with van der Waals surface area (Å²) in [6.07, 6.45) is 0. The van der Waals surface area contributed by atoms with Crippen LogP contribution in [0.15, 0.2) is 0 Å². The Bertz CT molecular complexity index is 352. The molecular weight excluding hydrogens is 552 g/mol. The van der Waals surface area contributed by atoms with Gasteiger partial charge in [0.05, 0.1) is 0 Å². The van der Waals surface area contributed by atoms with Crippen LogP contribution in [0.25, 0.3) is 0 Å². The van der Waals surface area contributed by atoms with Crippen molar-refractivity contribution in [2.75, 3.05) is 69.0 Å². The van der Waals surface area contributed by atoms with E-state index in [1.165, 1.54) is 69.0 Å². The van der Waals surface area contributed by atoms with Crippen LogP contribution in [0, 0.1) is 0 Å². The van der Waals surface area contributed by atoms with Crippen molar-refractivity contribution in [1.29, 1.82) is 0 Å². The molecule has 27 heavy (non-hydrogen) atoms. The average Bonchev–Trinajstić information content (AvgIpc) is 3.48.